The van der Waals surface area contributed by atoms with E-state index in [9.17, 15) is 4.79 Å². The summed E-state index contributed by atoms with van der Waals surface area (Å²) in [4.78, 5) is 23.9. The normalized spacial score (nSPS) is 11.1. The van der Waals surface area contributed by atoms with Crippen LogP contribution in [0.5, 0.6) is 5.75 Å². The average Bonchev–Trinajstić information content (AvgIpc) is 3.43. The molecule has 0 aliphatic heterocycles. The molecule has 2 heterocycles. The Hall–Kier alpha value is -3.19. The van der Waals surface area contributed by atoms with Crippen LogP contribution in [0, 0.1) is 20.8 Å². The predicted octanol–water partition coefficient (Wildman–Crippen LogP) is 4.92. The maximum Gasteiger partial charge on any atom is 0.266 e. The smallest absolute Gasteiger partial charge is 0.266 e. The number of aromatic nitrogens is 3. The zero-order chi connectivity index (χ0) is 21.8. The van der Waals surface area contributed by atoms with Crippen LogP contribution in [-0.4, -0.2) is 33.6 Å². The van der Waals surface area contributed by atoms with Crippen LogP contribution < -0.4 is 9.64 Å². The molecule has 31 heavy (non-hydrogen) atoms. The summed E-state index contributed by atoms with van der Waals surface area (Å²) >= 11 is 1.57. The second-order valence-electron chi connectivity index (χ2n) is 7.68. The van der Waals surface area contributed by atoms with Crippen LogP contribution in [0.3, 0.4) is 0 Å². The fourth-order valence-corrected chi connectivity index (χ4v) is 4.60. The van der Waals surface area contributed by atoms with Crippen LogP contribution in [-0.2, 0) is 11.3 Å². The number of rotatable bonds is 8. The minimum atomic E-state index is -0.0958. The molecule has 0 bridgehead atoms. The molecule has 1 amide bonds. The quantitative estimate of drug-likeness (QED) is 0.395. The van der Waals surface area contributed by atoms with E-state index < -0.39 is 0 Å². The van der Waals surface area contributed by atoms with E-state index in [0.717, 1.165) is 39.4 Å². The Bertz CT molecular complexity index is 1140. The number of carbonyl (C=O) groups is 1. The third-order valence-electron chi connectivity index (χ3n) is 5.17. The Morgan fingerprint density at radius 2 is 2.00 bits per heavy atom. The molecule has 0 spiro atoms. The van der Waals surface area contributed by atoms with Crippen molar-refractivity contribution in [1.29, 1.82) is 0 Å². The first-order chi connectivity index (χ1) is 15.0. The van der Waals surface area contributed by atoms with Crippen molar-refractivity contribution in [3.8, 4) is 5.75 Å². The topological polar surface area (TPSA) is 60.2 Å². The van der Waals surface area contributed by atoms with Crippen molar-refractivity contribution in [3.05, 3.63) is 71.8 Å². The number of hydrogen-bond donors (Lipinski definition) is 0. The van der Waals surface area contributed by atoms with Gasteiger partial charge in [0.2, 0.25) is 0 Å². The number of fused-ring (bicyclic) bond motifs is 1. The van der Waals surface area contributed by atoms with Crippen molar-refractivity contribution in [1.82, 2.24) is 14.5 Å². The van der Waals surface area contributed by atoms with E-state index >= 15 is 0 Å². The van der Waals surface area contributed by atoms with Gasteiger partial charge in [0, 0.05) is 25.5 Å². The fraction of sp³-hybridized carbons (Fsp3) is 0.292. The lowest BCUT2D eigenvalue weighted by Crippen LogP contribution is -2.36. The van der Waals surface area contributed by atoms with E-state index in [-0.39, 0.29) is 12.5 Å². The predicted molar refractivity (Wildman–Crippen MR) is 125 cm³/mol. The summed E-state index contributed by atoms with van der Waals surface area (Å²) in [6.45, 7) is 7.45. The van der Waals surface area contributed by atoms with Gasteiger partial charge in [-0.2, -0.15) is 0 Å². The van der Waals surface area contributed by atoms with Crippen molar-refractivity contribution in [2.75, 3.05) is 18.1 Å². The van der Waals surface area contributed by atoms with Crippen molar-refractivity contribution >= 4 is 32.6 Å². The Morgan fingerprint density at radius 3 is 2.74 bits per heavy atom. The van der Waals surface area contributed by atoms with Crippen molar-refractivity contribution in [2.45, 2.75) is 33.7 Å². The number of carbonyl (C=O) groups excluding carboxylic acids is 1. The monoisotopic (exact) mass is 434 g/mol. The number of anilines is 1. The SMILES string of the molecule is Cc1cccc(OCC(=O)N(CCCn2ccnc2)c2nc3c(C)ccc(C)c3s2)c1. The molecule has 6 nitrogen and oxygen atoms in total. The molecule has 0 saturated heterocycles. The number of aryl methyl sites for hydroxylation is 4. The first kappa shape index (κ1) is 21.1. The molecule has 0 N–H and O–H groups in total. The second kappa shape index (κ2) is 9.31. The molecule has 2 aromatic carbocycles. The number of thiazole rings is 1. The number of nitrogens with zero attached hydrogens (tertiary/aromatic N) is 4. The highest BCUT2D eigenvalue weighted by Gasteiger charge is 2.21. The third kappa shape index (κ3) is 4.94. The van der Waals surface area contributed by atoms with Gasteiger partial charge in [-0.15, -0.1) is 0 Å². The minimum Gasteiger partial charge on any atom is -0.484 e. The van der Waals surface area contributed by atoms with E-state index in [4.69, 9.17) is 9.72 Å². The molecule has 0 radical (unpaired) electrons. The third-order valence-corrected chi connectivity index (χ3v) is 6.39. The zero-order valence-electron chi connectivity index (χ0n) is 18.0. The Kier molecular flexibility index (Phi) is 6.32. The molecule has 0 atom stereocenters. The fourth-order valence-electron chi connectivity index (χ4n) is 3.45. The first-order valence-electron chi connectivity index (χ1n) is 10.3. The van der Waals surface area contributed by atoms with Gasteiger partial charge in [0.15, 0.2) is 11.7 Å². The van der Waals surface area contributed by atoms with Crippen LogP contribution in [0.1, 0.15) is 23.1 Å². The van der Waals surface area contributed by atoms with E-state index in [2.05, 4.69) is 31.0 Å². The average molecular weight is 435 g/mol. The zero-order valence-corrected chi connectivity index (χ0v) is 18.9. The molecule has 0 saturated carbocycles. The summed E-state index contributed by atoms with van der Waals surface area (Å²) in [6.07, 6.45) is 6.27. The lowest BCUT2D eigenvalue weighted by Gasteiger charge is -2.20. The standard InChI is InChI=1S/C24H26N4O2S/c1-17-6-4-7-20(14-17)30-15-21(29)28(12-5-11-27-13-10-25-16-27)24-26-22-18(2)8-9-19(3)23(22)31-24/h4,6-10,13-14,16H,5,11-12,15H2,1-3H3. The van der Waals surface area contributed by atoms with Crippen LogP contribution in [0.2, 0.25) is 0 Å². The number of imidazole rings is 1. The maximum atomic E-state index is 13.2. The molecular formula is C24H26N4O2S. The number of hydrogen-bond acceptors (Lipinski definition) is 5. The van der Waals surface area contributed by atoms with Gasteiger partial charge in [0.1, 0.15) is 5.75 Å². The summed E-state index contributed by atoms with van der Waals surface area (Å²) in [7, 11) is 0. The van der Waals surface area contributed by atoms with Gasteiger partial charge in [-0.1, -0.05) is 35.6 Å². The summed E-state index contributed by atoms with van der Waals surface area (Å²) in [5.41, 5.74) is 4.35. The van der Waals surface area contributed by atoms with Crippen molar-refractivity contribution < 1.29 is 9.53 Å². The van der Waals surface area contributed by atoms with Gasteiger partial charge in [-0.3, -0.25) is 9.69 Å². The van der Waals surface area contributed by atoms with E-state index in [0.29, 0.717) is 12.3 Å². The lowest BCUT2D eigenvalue weighted by atomic mass is 10.1. The summed E-state index contributed by atoms with van der Waals surface area (Å²) in [6, 6.07) is 11.9. The summed E-state index contributed by atoms with van der Waals surface area (Å²) < 4.78 is 8.93. The Balaban J connectivity index is 1.55. The largest absolute Gasteiger partial charge is 0.484 e. The van der Waals surface area contributed by atoms with E-state index in [1.807, 2.05) is 42.0 Å². The van der Waals surface area contributed by atoms with Crippen LogP contribution in [0.4, 0.5) is 5.13 Å². The Morgan fingerprint density at radius 1 is 1.16 bits per heavy atom. The minimum absolute atomic E-state index is 0.0254. The molecule has 0 aliphatic carbocycles. The summed E-state index contributed by atoms with van der Waals surface area (Å²) in [5.74, 6) is 0.601. The molecule has 0 aliphatic rings. The van der Waals surface area contributed by atoms with Crippen LogP contribution in [0.25, 0.3) is 10.2 Å². The van der Waals surface area contributed by atoms with Crippen LogP contribution in [0.15, 0.2) is 55.1 Å². The number of amides is 1. The molecule has 2 aromatic heterocycles. The van der Waals surface area contributed by atoms with Gasteiger partial charge in [-0.25, -0.2) is 9.97 Å². The second-order valence-corrected chi connectivity index (χ2v) is 8.66. The lowest BCUT2D eigenvalue weighted by molar-refractivity contribution is -0.120. The molecule has 160 valence electrons. The highest BCUT2D eigenvalue weighted by Crippen LogP contribution is 2.33. The first-order valence-corrected chi connectivity index (χ1v) is 11.2. The van der Waals surface area contributed by atoms with Gasteiger partial charge < -0.3 is 9.30 Å². The van der Waals surface area contributed by atoms with Gasteiger partial charge in [0.25, 0.3) is 5.91 Å². The summed E-state index contributed by atoms with van der Waals surface area (Å²) in [5, 5.41) is 0.718. The van der Waals surface area contributed by atoms with E-state index in [1.165, 1.54) is 5.56 Å². The molecule has 4 rings (SSSR count). The Labute approximate surface area is 186 Å². The molecule has 4 aromatic rings. The highest BCUT2D eigenvalue weighted by atomic mass is 32.1. The van der Waals surface area contributed by atoms with Gasteiger partial charge in [0.05, 0.1) is 16.5 Å². The number of benzene rings is 2. The molecule has 0 unspecified atom stereocenters. The van der Waals surface area contributed by atoms with Crippen LogP contribution >= 0.6 is 11.3 Å². The van der Waals surface area contributed by atoms with Crippen molar-refractivity contribution in [2.24, 2.45) is 0 Å². The highest BCUT2D eigenvalue weighted by molar-refractivity contribution is 7.22. The molecular weight excluding hydrogens is 408 g/mol. The van der Waals surface area contributed by atoms with Gasteiger partial charge in [-0.05, 0) is 56.0 Å². The van der Waals surface area contributed by atoms with Crippen molar-refractivity contribution in [3.63, 3.8) is 0 Å². The number of ether oxygens (including phenoxy) is 1. The molecule has 7 heteroatoms. The van der Waals surface area contributed by atoms with Gasteiger partial charge >= 0.3 is 0 Å². The maximum absolute atomic E-state index is 13.2. The van der Waals surface area contributed by atoms with E-state index in [1.54, 1.807) is 28.8 Å². The molecule has 0 fully saturated rings.